The minimum Gasteiger partial charge on any atom is -0.346 e. The third-order valence-corrected chi connectivity index (χ3v) is 4.19. The van der Waals surface area contributed by atoms with Crippen molar-refractivity contribution in [3.8, 4) is 0 Å². The van der Waals surface area contributed by atoms with Crippen LogP contribution in [0, 0.1) is 0 Å². The van der Waals surface area contributed by atoms with Gasteiger partial charge in [0.2, 0.25) is 0 Å². The Bertz CT molecular complexity index is 742. The molecular formula is C18H21N5O2. The molecule has 2 amide bonds. The molecule has 3 rings (SSSR count). The number of hydrogen-bond donors (Lipinski definition) is 1. The molecule has 0 aliphatic carbocycles. The Balaban J connectivity index is 1.64. The van der Waals surface area contributed by atoms with Crippen LogP contribution in [0.2, 0.25) is 0 Å². The van der Waals surface area contributed by atoms with Crippen LogP contribution in [0.4, 0.5) is 0 Å². The highest BCUT2D eigenvalue weighted by Crippen LogP contribution is 2.08. The summed E-state index contributed by atoms with van der Waals surface area (Å²) in [6.07, 6.45) is 3.18. The van der Waals surface area contributed by atoms with E-state index in [1.807, 2.05) is 25.2 Å². The zero-order chi connectivity index (χ0) is 17.6. The molecule has 7 nitrogen and oxygen atoms in total. The molecule has 2 aromatic heterocycles. The van der Waals surface area contributed by atoms with Gasteiger partial charge in [-0.15, -0.1) is 0 Å². The third kappa shape index (κ3) is 4.39. The number of aromatic nitrogens is 2. The van der Waals surface area contributed by atoms with Crippen molar-refractivity contribution in [3.05, 3.63) is 59.7 Å². The number of carbonyl (C=O) groups is 2. The molecule has 7 heteroatoms. The molecule has 25 heavy (non-hydrogen) atoms. The fourth-order valence-electron chi connectivity index (χ4n) is 2.64. The number of rotatable bonds is 4. The van der Waals surface area contributed by atoms with Crippen LogP contribution < -0.4 is 5.32 Å². The summed E-state index contributed by atoms with van der Waals surface area (Å²) in [4.78, 5) is 37.1. The van der Waals surface area contributed by atoms with Crippen molar-refractivity contribution in [2.75, 3.05) is 33.2 Å². The Hall–Kier alpha value is -2.80. The zero-order valence-electron chi connectivity index (χ0n) is 14.2. The number of piperazine rings is 1. The fourth-order valence-corrected chi connectivity index (χ4v) is 2.64. The van der Waals surface area contributed by atoms with Gasteiger partial charge < -0.3 is 15.1 Å². The van der Waals surface area contributed by atoms with Crippen LogP contribution in [-0.4, -0.2) is 64.8 Å². The number of nitrogens with one attached hydrogen (secondary N) is 1. The summed E-state index contributed by atoms with van der Waals surface area (Å²) in [6, 6.07) is 8.69. The monoisotopic (exact) mass is 339 g/mol. The Kier molecular flexibility index (Phi) is 5.35. The van der Waals surface area contributed by atoms with E-state index in [1.54, 1.807) is 23.2 Å². The van der Waals surface area contributed by atoms with E-state index in [4.69, 9.17) is 0 Å². The van der Waals surface area contributed by atoms with Gasteiger partial charge in [0, 0.05) is 44.1 Å². The summed E-state index contributed by atoms with van der Waals surface area (Å²) in [7, 11) is 2.03. The van der Waals surface area contributed by atoms with E-state index in [2.05, 4.69) is 20.2 Å². The molecule has 1 fully saturated rings. The van der Waals surface area contributed by atoms with E-state index in [-0.39, 0.29) is 11.8 Å². The lowest BCUT2D eigenvalue weighted by molar-refractivity contribution is 0.0658. The van der Waals surface area contributed by atoms with Gasteiger partial charge in [-0.25, -0.2) is 0 Å². The van der Waals surface area contributed by atoms with E-state index < -0.39 is 0 Å². The molecular weight excluding hydrogens is 318 g/mol. The molecule has 2 aromatic rings. The molecule has 0 spiro atoms. The van der Waals surface area contributed by atoms with E-state index in [1.165, 1.54) is 6.20 Å². The van der Waals surface area contributed by atoms with E-state index in [0.717, 1.165) is 18.8 Å². The van der Waals surface area contributed by atoms with Crippen molar-refractivity contribution in [1.82, 2.24) is 25.1 Å². The molecule has 130 valence electrons. The van der Waals surface area contributed by atoms with Gasteiger partial charge in [0.15, 0.2) is 0 Å². The van der Waals surface area contributed by atoms with Crippen LogP contribution in [-0.2, 0) is 6.54 Å². The first-order valence-electron chi connectivity index (χ1n) is 8.25. The van der Waals surface area contributed by atoms with Gasteiger partial charge in [0.25, 0.3) is 11.8 Å². The quantitative estimate of drug-likeness (QED) is 0.891. The van der Waals surface area contributed by atoms with Crippen molar-refractivity contribution in [2.45, 2.75) is 6.54 Å². The van der Waals surface area contributed by atoms with E-state index in [9.17, 15) is 9.59 Å². The predicted molar refractivity (Wildman–Crippen MR) is 93.0 cm³/mol. The lowest BCUT2D eigenvalue weighted by Crippen LogP contribution is -2.47. The van der Waals surface area contributed by atoms with E-state index in [0.29, 0.717) is 30.9 Å². The normalized spacial score (nSPS) is 15.0. The van der Waals surface area contributed by atoms with Crippen molar-refractivity contribution in [2.24, 2.45) is 0 Å². The molecule has 0 aromatic carbocycles. The largest absolute Gasteiger partial charge is 0.346 e. The SMILES string of the molecule is CN1CCN(C(=O)c2cc(C(=O)NCc3ccccn3)ccn2)CC1. The lowest BCUT2D eigenvalue weighted by Gasteiger charge is -2.32. The summed E-state index contributed by atoms with van der Waals surface area (Å²) in [6.45, 7) is 3.37. The fraction of sp³-hybridized carbons (Fsp3) is 0.333. The minimum absolute atomic E-state index is 0.132. The molecule has 0 bridgehead atoms. The maximum absolute atomic E-state index is 12.6. The van der Waals surface area contributed by atoms with Gasteiger partial charge in [0.1, 0.15) is 5.69 Å². The molecule has 1 aliphatic rings. The Labute approximate surface area is 146 Å². The first-order chi connectivity index (χ1) is 12.1. The van der Waals surface area contributed by atoms with Crippen molar-refractivity contribution < 1.29 is 9.59 Å². The van der Waals surface area contributed by atoms with Crippen LogP contribution in [0.1, 0.15) is 26.5 Å². The van der Waals surface area contributed by atoms with Crippen LogP contribution in [0.15, 0.2) is 42.7 Å². The lowest BCUT2D eigenvalue weighted by atomic mass is 10.2. The van der Waals surface area contributed by atoms with Crippen LogP contribution in [0.25, 0.3) is 0 Å². The Morgan fingerprint density at radius 3 is 2.60 bits per heavy atom. The summed E-state index contributed by atoms with van der Waals surface area (Å²) >= 11 is 0. The third-order valence-electron chi connectivity index (χ3n) is 4.19. The predicted octanol–water partition coefficient (Wildman–Crippen LogP) is 0.794. The average molecular weight is 339 g/mol. The van der Waals surface area contributed by atoms with Gasteiger partial charge in [-0.1, -0.05) is 6.07 Å². The first-order valence-corrected chi connectivity index (χ1v) is 8.25. The number of pyridine rings is 2. The molecule has 0 saturated carbocycles. The highest BCUT2D eigenvalue weighted by atomic mass is 16.2. The number of hydrogen-bond acceptors (Lipinski definition) is 5. The van der Waals surface area contributed by atoms with Gasteiger partial charge >= 0.3 is 0 Å². The number of amides is 2. The van der Waals surface area contributed by atoms with Gasteiger partial charge in [-0.3, -0.25) is 19.6 Å². The van der Waals surface area contributed by atoms with Gasteiger partial charge in [-0.2, -0.15) is 0 Å². The number of nitrogens with zero attached hydrogens (tertiary/aromatic N) is 4. The van der Waals surface area contributed by atoms with Crippen molar-refractivity contribution in [3.63, 3.8) is 0 Å². The molecule has 3 heterocycles. The van der Waals surface area contributed by atoms with Gasteiger partial charge in [-0.05, 0) is 31.3 Å². The molecule has 1 aliphatic heterocycles. The maximum atomic E-state index is 12.6. The summed E-state index contributed by atoms with van der Waals surface area (Å²) in [5, 5.41) is 2.81. The molecule has 1 N–H and O–H groups in total. The van der Waals surface area contributed by atoms with Gasteiger partial charge in [0.05, 0.1) is 12.2 Å². The summed E-state index contributed by atoms with van der Waals surface area (Å²) < 4.78 is 0. The standard InChI is InChI=1S/C18H21N5O2/c1-22-8-10-23(11-9-22)18(25)16-12-14(5-7-20-16)17(24)21-13-15-4-2-3-6-19-15/h2-7,12H,8-11,13H2,1H3,(H,21,24). The van der Waals surface area contributed by atoms with Crippen LogP contribution in [0.3, 0.4) is 0 Å². The second-order valence-corrected chi connectivity index (χ2v) is 6.03. The molecule has 0 radical (unpaired) electrons. The minimum atomic E-state index is -0.250. The first kappa shape index (κ1) is 17.0. The van der Waals surface area contributed by atoms with Crippen LogP contribution >= 0.6 is 0 Å². The van der Waals surface area contributed by atoms with Crippen molar-refractivity contribution >= 4 is 11.8 Å². The molecule has 0 atom stereocenters. The van der Waals surface area contributed by atoms with E-state index >= 15 is 0 Å². The number of likely N-dealkylation sites (N-methyl/N-ethyl adjacent to an activating group) is 1. The second-order valence-electron chi connectivity index (χ2n) is 6.03. The molecule has 0 unspecified atom stereocenters. The Morgan fingerprint density at radius 1 is 1.08 bits per heavy atom. The number of carbonyl (C=O) groups excluding carboxylic acids is 2. The highest BCUT2D eigenvalue weighted by molar-refractivity contribution is 5.98. The summed E-state index contributed by atoms with van der Waals surface area (Å²) in [5.41, 5.74) is 1.50. The van der Waals surface area contributed by atoms with Crippen molar-refractivity contribution in [1.29, 1.82) is 0 Å². The smallest absolute Gasteiger partial charge is 0.272 e. The maximum Gasteiger partial charge on any atom is 0.272 e. The topological polar surface area (TPSA) is 78.4 Å². The second kappa shape index (κ2) is 7.85. The summed E-state index contributed by atoms with van der Waals surface area (Å²) in [5.74, 6) is -0.382. The zero-order valence-corrected chi connectivity index (χ0v) is 14.2. The average Bonchev–Trinajstić information content (AvgIpc) is 2.67. The highest BCUT2D eigenvalue weighted by Gasteiger charge is 2.22. The molecule has 1 saturated heterocycles. The Morgan fingerprint density at radius 2 is 1.88 bits per heavy atom. The van der Waals surface area contributed by atoms with Crippen LogP contribution in [0.5, 0.6) is 0 Å².